The summed E-state index contributed by atoms with van der Waals surface area (Å²) in [5, 5.41) is 0. The Balaban J connectivity index is 2.54. The molecule has 3 heteroatoms. The highest BCUT2D eigenvalue weighted by atomic mass is 35.5. The van der Waals surface area contributed by atoms with Crippen molar-refractivity contribution < 1.29 is 4.74 Å². The van der Waals surface area contributed by atoms with Gasteiger partial charge in [0.2, 0.25) is 0 Å². The zero-order valence-electron chi connectivity index (χ0n) is 7.63. The standard InChI is InChI=1S/C10H13ClOS/c1-13-10-6-3-2-5-9(10)12-8-4-7-11/h2-3,5-6H,4,7-8H2,1H3. The molecule has 0 spiro atoms. The monoisotopic (exact) mass is 216 g/mol. The molecule has 0 aliphatic carbocycles. The van der Waals surface area contributed by atoms with Gasteiger partial charge in [-0.1, -0.05) is 12.1 Å². The van der Waals surface area contributed by atoms with E-state index >= 15 is 0 Å². The molecule has 0 bridgehead atoms. The molecule has 0 heterocycles. The number of hydrogen-bond donors (Lipinski definition) is 0. The summed E-state index contributed by atoms with van der Waals surface area (Å²) in [6, 6.07) is 8.04. The summed E-state index contributed by atoms with van der Waals surface area (Å²) >= 11 is 7.25. The Kier molecular flexibility index (Phi) is 5.09. The smallest absolute Gasteiger partial charge is 0.132 e. The van der Waals surface area contributed by atoms with Crippen LogP contribution in [0.3, 0.4) is 0 Å². The van der Waals surface area contributed by atoms with E-state index in [1.165, 1.54) is 4.90 Å². The SMILES string of the molecule is CSc1ccccc1OCCCCl. The van der Waals surface area contributed by atoms with Crippen molar-refractivity contribution in [1.29, 1.82) is 0 Å². The van der Waals surface area contributed by atoms with E-state index in [9.17, 15) is 0 Å². The molecule has 0 radical (unpaired) electrons. The van der Waals surface area contributed by atoms with Crippen LogP contribution in [0.1, 0.15) is 6.42 Å². The fourth-order valence-electron chi connectivity index (χ4n) is 0.975. The van der Waals surface area contributed by atoms with E-state index in [0.29, 0.717) is 12.5 Å². The lowest BCUT2D eigenvalue weighted by Gasteiger charge is -2.08. The van der Waals surface area contributed by atoms with E-state index in [-0.39, 0.29) is 0 Å². The Morgan fingerprint density at radius 1 is 1.38 bits per heavy atom. The predicted octanol–water partition coefficient (Wildman–Crippen LogP) is 3.42. The first-order valence-corrected chi connectivity index (χ1v) is 5.96. The van der Waals surface area contributed by atoms with Gasteiger partial charge >= 0.3 is 0 Å². The van der Waals surface area contributed by atoms with Gasteiger partial charge in [0.05, 0.1) is 6.61 Å². The van der Waals surface area contributed by atoms with E-state index in [0.717, 1.165) is 12.2 Å². The third kappa shape index (κ3) is 3.49. The van der Waals surface area contributed by atoms with Crippen LogP contribution < -0.4 is 4.74 Å². The van der Waals surface area contributed by atoms with E-state index in [1.54, 1.807) is 11.8 Å². The second-order valence-corrected chi connectivity index (χ2v) is 3.77. The van der Waals surface area contributed by atoms with Crippen molar-refractivity contribution in [2.75, 3.05) is 18.7 Å². The van der Waals surface area contributed by atoms with Gasteiger partial charge in [0.25, 0.3) is 0 Å². The molecule has 72 valence electrons. The summed E-state index contributed by atoms with van der Waals surface area (Å²) in [5.41, 5.74) is 0. The van der Waals surface area contributed by atoms with Crippen molar-refractivity contribution in [1.82, 2.24) is 0 Å². The van der Waals surface area contributed by atoms with Gasteiger partial charge in [-0.05, 0) is 24.8 Å². The quantitative estimate of drug-likeness (QED) is 0.424. The topological polar surface area (TPSA) is 9.23 Å². The minimum absolute atomic E-state index is 0.654. The second-order valence-electron chi connectivity index (χ2n) is 2.54. The molecule has 1 aromatic rings. The molecule has 13 heavy (non-hydrogen) atoms. The van der Waals surface area contributed by atoms with Gasteiger partial charge in [-0.15, -0.1) is 23.4 Å². The number of ether oxygens (including phenoxy) is 1. The molecule has 0 saturated carbocycles. The van der Waals surface area contributed by atoms with Crippen LogP contribution in [0.25, 0.3) is 0 Å². The predicted molar refractivity (Wildman–Crippen MR) is 59.1 cm³/mol. The summed E-state index contributed by atoms with van der Waals surface area (Å²) in [6.07, 6.45) is 2.94. The van der Waals surface area contributed by atoms with Gasteiger partial charge in [-0.25, -0.2) is 0 Å². The molecule has 0 fully saturated rings. The second kappa shape index (κ2) is 6.17. The van der Waals surface area contributed by atoms with Crippen molar-refractivity contribution in [2.24, 2.45) is 0 Å². The van der Waals surface area contributed by atoms with Crippen LogP contribution in [-0.4, -0.2) is 18.7 Å². The average Bonchev–Trinajstić information content (AvgIpc) is 2.19. The number of rotatable bonds is 5. The lowest BCUT2D eigenvalue weighted by molar-refractivity contribution is 0.311. The van der Waals surface area contributed by atoms with Gasteiger partial charge in [-0.3, -0.25) is 0 Å². The maximum atomic E-state index is 5.56. The summed E-state index contributed by atoms with van der Waals surface area (Å²) in [4.78, 5) is 1.18. The average molecular weight is 217 g/mol. The molecule has 0 atom stereocenters. The van der Waals surface area contributed by atoms with Gasteiger partial charge < -0.3 is 4.74 Å². The van der Waals surface area contributed by atoms with Crippen molar-refractivity contribution in [3.63, 3.8) is 0 Å². The molecule has 1 aromatic carbocycles. The van der Waals surface area contributed by atoms with Crippen molar-refractivity contribution in [3.05, 3.63) is 24.3 Å². The molecule has 0 unspecified atom stereocenters. The maximum absolute atomic E-state index is 5.56. The molecular formula is C10H13ClOS. The van der Waals surface area contributed by atoms with Crippen LogP contribution in [-0.2, 0) is 0 Å². The highest BCUT2D eigenvalue weighted by Gasteiger charge is 1.99. The highest BCUT2D eigenvalue weighted by molar-refractivity contribution is 7.98. The van der Waals surface area contributed by atoms with Crippen LogP contribution in [0.4, 0.5) is 0 Å². The lowest BCUT2D eigenvalue weighted by Crippen LogP contribution is -1.98. The minimum Gasteiger partial charge on any atom is -0.492 e. The Morgan fingerprint density at radius 3 is 2.85 bits per heavy atom. The summed E-state index contributed by atoms with van der Waals surface area (Å²) < 4.78 is 5.56. The van der Waals surface area contributed by atoms with E-state index in [4.69, 9.17) is 16.3 Å². The molecule has 0 N–H and O–H groups in total. The van der Waals surface area contributed by atoms with Gasteiger partial charge in [0.15, 0.2) is 0 Å². The van der Waals surface area contributed by atoms with Crippen LogP contribution in [0, 0.1) is 0 Å². The first kappa shape index (κ1) is 10.7. The van der Waals surface area contributed by atoms with Crippen LogP contribution in [0.15, 0.2) is 29.2 Å². The van der Waals surface area contributed by atoms with Gasteiger partial charge in [0.1, 0.15) is 5.75 Å². The van der Waals surface area contributed by atoms with Gasteiger partial charge in [-0.2, -0.15) is 0 Å². The fourth-order valence-corrected chi connectivity index (χ4v) is 1.63. The normalized spacial score (nSPS) is 10.0. The first-order chi connectivity index (χ1) is 6.38. The first-order valence-electron chi connectivity index (χ1n) is 4.20. The number of para-hydroxylation sites is 1. The molecule has 0 aliphatic heterocycles. The largest absolute Gasteiger partial charge is 0.492 e. The highest BCUT2D eigenvalue weighted by Crippen LogP contribution is 2.26. The molecule has 1 rings (SSSR count). The summed E-state index contributed by atoms with van der Waals surface area (Å²) in [7, 11) is 0. The Morgan fingerprint density at radius 2 is 2.15 bits per heavy atom. The third-order valence-electron chi connectivity index (χ3n) is 1.60. The van der Waals surface area contributed by atoms with Crippen LogP contribution in [0.5, 0.6) is 5.75 Å². The zero-order chi connectivity index (χ0) is 9.52. The van der Waals surface area contributed by atoms with E-state index < -0.39 is 0 Å². The van der Waals surface area contributed by atoms with Crippen LogP contribution >= 0.6 is 23.4 Å². The molecule has 0 aromatic heterocycles. The lowest BCUT2D eigenvalue weighted by atomic mass is 10.3. The van der Waals surface area contributed by atoms with Crippen molar-refractivity contribution in [3.8, 4) is 5.75 Å². The van der Waals surface area contributed by atoms with E-state index in [2.05, 4.69) is 6.07 Å². The number of alkyl halides is 1. The molecule has 0 saturated heterocycles. The molecule has 0 aliphatic rings. The maximum Gasteiger partial charge on any atom is 0.132 e. The summed E-state index contributed by atoms with van der Waals surface area (Å²) in [6.45, 7) is 0.696. The zero-order valence-corrected chi connectivity index (χ0v) is 9.20. The number of hydrogen-bond acceptors (Lipinski definition) is 2. The Hall–Kier alpha value is -0.340. The summed E-state index contributed by atoms with van der Waals surface area (Å²) in [5.74, 6) is 1.61. The third-order valence-corrected chi connectivity index (χ3v) is 2.65. The minimum atomic E-state index is 0.654. The number of halogens is 1. The Labute approximate surface area is 88.4 Å². The fraction of sp³-hybridized carbons (Fsp3) is 0.400. The number of thioether (sulfide) groups is 1. The van der Waals surface area contributed by atoms with E-state index in [1.807, 2.05) is 24.5 Å². The Bertz CT molecular complexity index is 252. The molecular weight excluding hydrogens is 204 g/mol. The van der Waals surface area contributed by atoms with Crippen molar-refractivity contribution >= 4 is 23.4 Å². The van der Waals surface area contributed by atoms with Crippen molar-refractivity contribution in [2.45, 2.75) is 11.3 Å². The number of benzene rings is 1. The molecule has 1 nitrogen and oxygen atoms in total. The molecule has 0 amide bonds. The van der Waals surface area contributed by atoms with Gasteiger partial charge in [0, 0.05) is 10.8 Å². The van der Waals surface area contributed by atoms with Crippen LogP contribution in [0.2, 0.25) is 0 Å².